The van der Waals surface area contributed by atoms with Gasteiger partial charge in [0.2, 0.25) is 0 Å². The van der Waals surface area contributed by atoms with Crippen LogP contribution in [-0.4, -0.2) is 9.78 Å². The van der Waals surface area contributed by atoms with Crippen molar-refractivity contribution in [3.63, 3.8) is 0 Å². The molecule has 0 saturated heterocycles. The van der Waals surface area contributed by atoms with Crippen molar-refractivity contribution in [2.24, 2.45) is 0 Å². The summed E-state index contributed by atoms with van der Waals surface area (Å²) in [5.41, 5.74) is 2.26. The maximum atomic E-state index is 12.3. The summed E-state index contributed by atoms with van der Waals surface area (Å²) in [6.45, 7) is 1.92. The number of nitrogens with one attached hydrogen (secondary N) is 1. The molecule has 0 saturated carbocycles. The number of benzene rings is 2. The van der Waals surface area contributed by atoms with Crippen LogP contribution in [0.3, 0.4) is 0 Å². The van der Waals surface area contributed by atoms with Crippen molar-refractivity contribution in [1.29, 1.82) is 0 Å². The third-order valence-electron chi connectivity index (χ3n) is 3.06. The van der Waals surface area contributed by atoms with E-state index in [1.54, 1.807) is 24.3 Å². The first-order chi connectivity index (χ1) is 9.06. The zero-order valence-electron chi connectivity index (χ0n) is 10.1. The molecule has 0 aliphatic rings. The molecule has 0 unspecified atom stereocenters. The molecule has 96 valence electrons. The fourth-order valence-corrected chi connectivity index (χ4v) is 2.34. The van der Waals surface area contributed by atoms with E-state index in [4.69, 9.17) is 23.2 Å². The van der Waals surface area contributed by atoms with E-state index in [0.29, 0.717) is 26.6 Å². The van der Waals surface area contributed by atoms with Crippen LogP contribution < -0.4 is 5.56 Å². The second-order valence-corrected chi connectivity index (χ2v) is 5.22. The number of aryl methyl sites for hydroxylation is 1. The second-order valence-electron chi connectivity index (χ2n) is 4.38. The molecule has 0 fully saturated rings. The highest BCUT2D eigenvalue weighted by Gasteiger charge is 2.09. The van der Waals surface area contributed by atoms with Crippen molar-refractivity contribution in [2.75, 3.05) is 0 Å². The van der Waals surface area contributed by atoms with Crippen LogP contribution in [0, 0.1) is 6.92 Å². The third kappa shape index (κ3) is 2.05. The number of aromatic amines is 1. The number of aromatic nitrogens is 2. The molecule has 1 aromatic heterocycles. The minimum absolute atomic E-state index is 0.119. The predicted molar refractivity (Wildman–Crippen MR) is 78.7 cm³/mol. The largest absolute Gasteiger partial charge is 0.290 e. The third-order valence-corrected chi connectivity index (χ3v) is 3.70. The Hall–Kier alpha value is -1.71. The zero-order chi connectivity index (χ0) is 13.6. The lowest BCUT2D eigenvalue weighted by atomic mass is 10.2. The predicted octanol–water partition coefficient (Wildman–Crippen LogP) is 3.93. The monoisotopic (exact) mass is 292 g/mol. The van der Waals surface area contributed by atoms with E-state index in [2.05, 4.69) is 5.10 Å². The molecule has 0 aliphatic carbocycles. The van der Waals surface area contributed by atoms with Gasteiger partial charge in [-0.25, -0.2) is 4.68 Å². The molecule has 3 nitrogen and oxygen atoms in total. The minimum Gasteiger partial charge on any atom is -0.290 e. The second kappa shape index (κ2) is 4.44. The zero-order valence-corrected chi connectivity index (χ0v) is 11.6. The van der Waals surface area contributed by atoms with E-state index in [-0.39, 0.29) is 5.56 Å². The summed E-state index contributed by atoms with van der Waals surface area (Å²) in [6.07, 6.45) is 0. The van der Waals surface area contributed by atoms with Crippen LogP contribution in [0.15, 0.2) is 41.2 Å². The molecule has 0 atom stereocenters. The number of nitrogens with zero attached hydrogens (tertiary/aromatic N) is 1. The molecule has 0 radical (unpaired) electrons. The molecule has 0 aliphatic heterocycles. The van der Waals surface area contributed by atoms with Crippen LogP contribution in [-0.2, 0) is 0 Å². The average molecular weight is 293 g/mol. The van der Waals surface area contributed by atoms with Crippen molar-refractivity contribution in [2.45, 2.75) is 6.92 Å². The molecule has 19 heavy (non-hydrogen) atoms. The number of H-pyrrole nitrogens is 1. The maximum Gasteiger partial charge on any atom is 0.279 e. The van der Waals surface area contributed by atoms with Gasteiger partial charge in [0.25, 0.3) is 5.56 Å². The Bertz CT molecular complexity index is 833. The SMILES string of the molecule is Cc1ccc(-n2[nH]c3cc(Cl)ccc3c2=O)cc1Cl. The Balaban J connectivity index is 2.27. The topological polar surface area (TPSA) is 37.8 Å². The van der Waals surface area contributed by atoms with Crippen LogP contribution in [0.5, 0.6) is 0 Å². The number of halogens is 2. The van der Waals surface area contributed by atoms with Gasteiger partial charge < -0.3 is 0 Å². The van der Waals surface area contributed by atoms with Crippen LogP contribution in [0.25, 0.3) is 16.6 Å². The normalized spacial score (nSPS) is 11.1. The van der Waals surface area contributed by atoms with Crippen molar-refractivity contribution in [1.82, 2.24) is 9.78 Å². The van der Waals surface area contributed by atoms with Gasteiger partial charge >= 0.3 is 0 Å². The number of hydrogen-bond donors (Lipinski definition) is 1. The highest BCUT2D eigenvalue weighted by atomic mass is 35.5. The van der Waals surface area contributed by atoms with E-state index in [1.807, 2.05) is 19.1 Å². The van der Waals surface area contributed by atoms with E-state index in [1.165, 1.54) is 4.68 Å². The molecule has 5 heteroatoms. The van der Waals surface area contributed by atoms with Gasteiger partial charge in [-0.3, -0.25) is 9.89 Å². The first-order valence-corrected chi connectivity index (χ1v) is 6.48. The van der Waals surface area contributed by atoms with Crippen molar-refractivity contribution in [3.05, 3.63) is 62.4 Å². The van der Waals surface area contributed by atoms with E-state index < -0.39 is 0 Å². The fraction of sp³-hybridized carbons (Fsp3) is 0.0714. The lowest BCUT2D eigenvalue weighted by molar-refractivity contribution is 0.863. The highest BCUT2D eigenvalue weighted by Crippen LogP contribution is 2.20. The van der Waals surface area contributed by atoms with Gasteiger partial charge in [-0.05, 0) is 42.8 Å². The number of hydrogen-bond acceptors (Lipinski definition) is 1. The van der Waals surface area contributed by atoms with Crippen molar-refractivity contribution in [3.8, 4) is 5.69 Å². The van der Waals surface area contributed by atoms with Crippen LogP contribution >= 0.6 is 23.2 Å². The molecule has 2 aromatic carbocycles. The average Bonchev–Trinajstić information content (AvgIpc) is 2.70. The molecule has 3 aromatic rings. The van der Waals surface area contributed by atoms with Crippen molar-refractivity contribution >= 4 is 34.1 Å². The lowest BCUT2D eigenvalue weighted by Crippen LogP contribution is -2.14. The summed E-state index contributed by atoms with van der Waals surface area (Å²) >= 11 is 12.0. The molecule has 0 amide bonds. The van der Waals surface area contributed by atoms with Gasteiger partial charge in [0.05, 0.1) is 16.6 Å². The van der Waals surface area contributed by atoms with E-state index in [9.17, 15) is 4.79 Å². The summed E-state index contributed by atoms with van der Waals surface area (Å²) in [6, 6.07) is 10.6. The molecule has 1 heterocycles. The Morgan fingerprint density at radius 1 is 1.11 bits per heavy atom. The summed E-state index contributed by atoms with van der Waals surface area (Å²) in [5.74, 6) is 0. The summed E-state index contributed by atoms with van der Waals surface area (Å²) in [7, 11) is 0. The van der Waals surface area contributed by atoms with Gasteiger partial charge in [0, 0.05) is 10.0 Å². The van der Waals surface area contributed by atoms with Gasteiger partial charge in [-0.15, -0.1) is 0 Å². The molecule has 1 N–H and O–H groups in total. The van der Waals surface area contributed by atoms with Crippen LogP contribution in [0.1, 0.15) is 5.56 Å². The first-order valence-electron chi connectivity index (χ1n) is 5.73. The number of rotatable bonds is 1. The maximum absolute atomic E-state index is 12.3. The quantitative estimate of drug-likeness (QED) is 0.725. The smallest absolute Gasteiger partial charge is 0.279 e. The fourth-order valence-electron chi connectivity index (χ4n) is 1.99. The molecule has 3 rings (SSSR count). The molecular formula is C14H10Cl2N2O. The summed E-state index contributed by atoms with van der Waals surface area (Å²) in [5, 5.41) is 4.84. The highest BCUT2D eigenvalue weighted by molar-refractivity contribution is 6.31. The first kappa shape index (κ1) is 12.3. The van der Waals surface area contributed by atoms with Crippen LogP contribution in [0.4, 0.5) is 0 Å². The Labute approximate surface area is 119 Å². The lowest BCUT2D eigenvalue weighted by Gasteiger charge is -2.03. The van der Waals surface area contributed by atoms with Crippen LogP contribution in [0.2, 0.25) is 10.0 Å². The Morgan fingerprint density at radius 2 is 1.89 bits per heavy atom. The molecule has 0 spiro atoms. The van der Waals surface area contributed by atoms with Gasteiger partial charge in [0.1, 0.15) is 0 Å². The van der Waals surface area contributed by atoms with E-state index in [0.717, 1.165) is 5.56 Å². The Morgan fingerprint density at radius 3 is 2.63 bits per heavy atom. The van der Waals surface area contributed by atoms with Gasteiger partial charge in [-0.2, -0.15) is 0 Å². The standard InChI is InChI=1S/C14H10Cl2N2O/c1-8-2-4-10(7-12(8)16)18-14(19)11-5-3-9(15)6-13(11)17-18/h2-7,17H,1H3. The van der Waals surface area contributed by atoms with Gasteiger partial charge in [-0.1, -0.05) is 29.3 Å². The molecule has 0 bridgehead atoms. The van der Waals surface area contributed by atoms with E-state index >= 15 is 0 Å². The van der Waals surface area contributed by atoms with Gasteiger partial charge in [0.15, 0.2) is 0 Å². The molecular weight excluding hydrogens is 283 g/mol. The summed E-state index contributed by atoms with van der Waals surface area (Å²) in [4.78, 5) is 12.3. The minimum atomic E-state index is -0.119. The number of fused-ring (bicyclic) bond motifs is 1. The summed E-state index contributed by atoms with van der Waals surface area (Å²) < 4.78 is 1.46. The van der Waals surface area contributed by atoms with Crippen molar-refractivity contribution < 1.29 is 0 Å². The Kier molecular flexibility index (Phi) is 2.88.